The van der Waals surface area contributed by atoms with Gasteiger partial charge in [-0.1, -0.05) is 58.0 Å². The zero-order chi connectivity index (χ0) is 29.7. The van der Waals surface area contributed by atoms with Crippen LogP contribution < -0.4 is 5.32 Å². The first-order chi connectivity index (χ1) is 19.1. The van der Waals surface area contributed by atoms with Crippen LogP contribution in [0.4, 0.5) is 0 Å². The molecule has 1 aromatic carbocycles. The highest BCUT2D eigenvalue weighted by Gasteiger charge is 2.28. The maximum absolute atomic E-state index is 13.1. The van der Waals surface area contributed by atoms with Crippen LogP contribution in [0.15, 0.2) is 35.7 Å². The number of rotatable bonds is 17. The second-order valence-corrected chi connectivity index (χ2v) is 11.2. The highest BCUT2D eigenvalue weighted by atomic mass is 32.1. The molecule has 2 rings (SSSR count). The number of aliphatic hydroxyl groups excluding tert-OH is 2. The van der Waals surface area contributed by atoms with E-state index in [1.165, 1.54) is 18.4 Å². The van der Waals surface area contributed by atoms with Gasteiger partial charge in [0.15, 0.2) is 0 Å². The molecule has 0 saturated heterocycles. The molecule has 1 heterocycles. The maximum Gasteiger partial charge on any atom is 0.308 e. The Bertz CT molecular complexity index is 1060. The van der Waals surface area contributed by atoms with E-state index in [0.29, 0.717) is 30.7 Å². The fraction of sp³-hybridized carbons (Fsp3) is 0.586. The maximum atomic E-state index is 13.1. The van der Waals surface area contributed by atoms with E-state index in [9.17, 15) is 24.6 Å². The zero-order valence-electron chi connectivity index (χ0n) is 24.0. The number of carbonyl (C=O) groups is 3. The number of amides is 1. The van der Waals surface area contributed by atoms with Crippen LogP contribution in [0.5, 0.6) is 0 Å². The molecule has 1 aromatic heterocycles. The molecule has 1 amide bonds. The summed E-state index contributed by atoms with van der Waals surface area (Å²) in [6.45, 7) is 7.14. The summed E-state index contributed by atoms with van der Waals surface area (Å²) >= 11 is 1.17. The Labute approximate surface area is 240 Å². The molecule has 222 valence electrons. The third-order valence-corrected chi connectivity index (χ3v) is 7.62. The van der Waals surface area contributed by atoms with Crippen molar-refractivity contribution in [2.75, 3.05) is 20.6 Å². The zero-order valence-corrected chi connectivity index (χ0v) is 24.9. The molecule has 3 N–H and O–H groups in total. The summed E-state index contributed by atoms with van der Waals surface area (Å²) in [5.41, 5.74) is 1.20. The third kappa shape index (κ3) is 10.6. The second kappa shape index (κ2) is 17.1. The molecule has 0 unspecified atom stereocenters. The van der Waals surface area contributed by atoms with Crippen LogP contribution in [0, 0.1) is 11.8 Å². The van der Waals surface area contributed by atoms with Crippen LogP contribution >= 0.6 is 11.3 Å². The van der Waals surface area contributed by atoms with Crippen molar-refractivity contribution in [1.82, 2.24) is 15.2 Å². The third-order valence-electron chi connectivity index (χ3n) is 6.67. The van der Waals surface area contributed by atoms with Crippen molar-refractivity contribution in [3.8, 4) is 0 Å². The van der Waals surface area contributed by atoms with Crippen molar-refractivity contribution >= 4 is 29.2 Å². The van der Waals surface area contributed by atoms with Crippen molar-refractivity contribution in [1.29, 1.82) is 0 Å². The Hall–Kier alpha value is -2.86. The first kappa shape index (κ1) is 33.3. The number of thiazole rings is 1. The van der Waals surface area contributed by atoms with Crippen LogP contribution in [0.2, 0.25) is 0 Å². The van der Waals surface area contributed by atoms with Gasteiger partial charge >= 0.3 is 11.9 Å². The lowest BCUT2D eigenvalue weighted by Crippen LogP contribution is -2.42. The van der Waals surface area contributed by atoms with Crippen LogP contribution in [-0.2, 0) is 25.5 Å². The van der Waals surface area contributed by atoms with Crippen molar-refractivity contribution < 1.29 is 34.1 Å². The first-order valence-electron chi connectivity index (χ1n) is 13.7. The summed E-state index contributed by atoms with van der Waals surface area (Å²) < 4.78 is 10.1. The monoisotopic (exact) mass is 577 g/mol. The van der Waals surface area contributed by atoms with Crippen molar-refractivity contribution in [3.05, 3.63) is 52.0 Å². The van der Waals surface area contributed by atoms with Gasteiger partial charge in [-0.25, -0.2) is 9.88 Å². The van der Waals surface area contributed by atoms with Gasteiger partial charge in [-0.05, 0) is 37.2 Å². The number of methoxy groups -OCH3 is 1. The molecule has 0 aliphatic heterocycles. The number of esters is 2. The predicted octanol–water partition coefficient (Wildman–Crippen LogP) is 3.68. The Morgan fingerprint density at radius 2 is 1.82 bits per heavy atom. The number of ether oxygens (including phenoxy) is 2. The summed E-state index contributed by atoms with van der Waals surface area (Å²) in [6, 6.07) is 9.05. The average Bonchev–Trinajstić information content (AvgIpc) is 3.43. The van der Waals surface area contributed by atoms with E-state index in [1.54, 1.807) is 17.2 Å². The molecule has 0 saturated carbocycles. The van der Waals surface area contributed by atoms with Crippen LogP contribution in [0.3, 0.4) is 0 Å². The topological polar surface area (TPSA) is 138 Å². The minimum atomic E-state index is -0.987. The molecular formula is C29H43N3O7S. The summed E-state index contributed by atoms with van der Waals surface area (Å²) in [6.07, 6.45) is 1.13. The van der Waals surface area contributed by atoms with E-state index in [0.717, 1.165) is 5.56 Å². The highest BCUT2D eigenvalue weighted by molar-refractivity contribution is 7.09. The number of aromatic nitrogens is 1. The second-order valence-electron chi connectivity index (χ2n) is 10.3. The summed E-state index contributed by atoms with van der Waals surface area (Å²) in [5, 5.41) is 25.8. The largest absolute Gasteiger partial charge is 0.469 e. The predicted molar refractivity (Wildman–Crippen MR) is 152 cm³/mol. The van der Waals surface area contributed by atoms with E-state index in [2.05, 4.69) is 10.3 Å². The summed E-state index contributed by atoms with van der Waals surface area (Å²) in [4.78, 5) is 43.0. The number of benzene rings is 1. The fourth-order valence-corrected chi connectivity index (χ4v) is 5.26. The number of carbonyl (C=O) groups excluding carboxylic acids is 3. The molecule has 40 heavy (non-hydrogen) atoms. The SMILES string of the molecule is CCCC(=O)OCN(CO)[C@H](C[C@@H](O)c1nc(C(=O)N[C@@H](Cc2ccccc2)C[C@H](C)C(=O)OC)cs1)C(C)C. The van der Waals surface area contributed by atoms with Crippen molar-refractivity contribution in [3.63, 3.8) is 0 Å². The molecule has 0 radical (unpaired) electrons. The number of aliphatic hydroxyl groups is 2. The Morgan fingerprint density at radius 1 is 1.12 bits per heavy atom. The molecule has 11 heteroatoms. The molecule has 0 aliphatic rings. The molecule has 10 nitrogen and oxygen atoms in total. The quantitative estimate of drug-likeness (QED) is 0.190. The van der Waals surface area contributed by atoms with Gasteiger partial charge in [0.1, 0.15) is 23.5 Å². The van der Waals surface area contributed by atoms with E-state index < -0.39 is 17.9 Å². The van der Waals surface area contributed by atoms with E-state index in [4.69, 9.17) is 9.47 Å². The fourth-order valence-electron chi connectivity index (χ4n) is 4.47. The van der Waals surface area contributed by atoms with Gasteiger partial charge in [-0.15, -0.1) is 11.3 Å². The molecule has 0 aliphatic carbocycles. The van der Waals surface area contributed by atoms with Gasteiger partial charge in [-0.2, -0.15) is 0 Å². The van der Waals surface area contributed by atoms with Gasteiger partial charge in [-0.3, -0.25) is 14.4 Å². The smallest absolute Gasteiger partial charge is 0.308 e. The van der Waals surface area contributed by atoms with Crippen molar-refractivity contribution in [2.24, 2.45) is 11.8 Å². The number of nitrogens with zero attached hydrogens (tertiary/aromatic N) is 2. The highest BCUT2D eigenvalue weighted by Crippen LogP contribution is 2.27. The van der Waals surface area contributed by atoms with Crippen LogP contribution in [0.25, 0.3) is 0 Å². The molecule has 4 atom stereocenters. The standard InChI is InChI=1S/C29H43N3O7S/c1-6-10-26(35)39-18-32(17-33)24(19(2)3)15-25(34)28-31-23(16-40-28)27(36)30-22(13-20(4)29(37)38-5)14-21-11-8-7-9-12-21/h7-9,11-12,16,19-20,22,24-25,33-34H,6,10,13-15,17-18H2,1-5H3,(H,30,36)/t20-,22+,24+,25+/m0/s1. The van der Waals surface area contributed by atoms with E-state index >= 15 is 0 Å². The summed E-state index contributed by atoms with van der Waals surface area (Å²) in [7, 11) is 1.34. The lowest BCUT2D eigenvalue weighted by molar-refractivity contribution is -0.153. The lowest BCUT2D eigenvalue weighted by atomic mass is 9.96. The minimum Gasteiger partial charge on any atom is -0.469 e. The number of hydrogen-bond donors (Lipinski definition) is 3. The summed E-state index contributed by atoms with van der Waals surface area (Å²) in [5.74, 6) is -1.46. The van der Waals surface area contributed by atoms with Gasteiger partial charge in [0.2, 0.25) is 0 Å². The minimum absolute atomic E-state index is 0.0324. The molecule has 0 fully saturated rings. The van der Waals surface area contributed by atoms with Gasteiger partial charge in [0.25, 0.3) is 5.91 Å². The molecule has 2 aromatic rings. The van der Waals surface area contributed by atoms with Gasteiger partial charge in [0, 0.05) is 23.9 Å². The number of hydrogen-bond acceptors (Lipinski definition) is 10. The Kier molecular flexibility index (Phi) is 14.2. The average molecular weight is 578 g/mol. The van der Waals surface area contributed by atoms with Crippen LogP contribution in [-0.4, -0.2) is 70.6 Å². The normalized spacial score (nSPS) is 14.4. The van der Waals surface area contributed by atoms with Crippen molar-refractivity contribution in [2.45, 2.75) is 78.0 Å². The first-order valence-corrected chi connectivity index (χ1v) is 14.5. The number of nitrogens with one attached hydrogen (secondary N) is 1. The molecule has 0 spiro atoms. The Morgan fingerprint density at radius 3 is 2.42 bits per heavy atom. The van der Waals surface area contributed by atoms with Crippen LogP contribution in [0.1, 0.15) is 80.5 Å². The van der Waals surface area contributed by atoms with Gasteiger partial charge < -0.3 is 25.0 Å². The Balaban J connectivity index is 2.09. The lowest BCUT2D eigenvalue weighted by Gasteiger charge is -2.33. The van der Waals surface area contributed by atoms with Gasteiger partial charge in [0.05, 0.1) is 19.8 Å². The molecule has 0 bridgehead atoms. The van der Waals surface area contributed by atoms with E-state index in [-0.39, 0.29) is 55.5 Å². The van der Waals surface area contributed by atoms with E-state index in [1.807, 2.05) is 51.1 Å². The molecular weight excluding hydrogens is 534 g/mol.